The van der Waals surface area contributed by atoms with Crippen LogP contribution >= 0.6 is 0 Å². The van der Waals surface area contributed by atoms with E-state index in [9.17, 15) is 23.5 Å². The molecule has 0 spiro atoms. The monoisotopic (exact) mass is 698 g/mol. The highest BCUT2D eigenvalue weighted by atomic mass is 19.3. The number of aryl methyl sites for hydroxylation is 2. The highest BCUT2D eigenvalue weighted by Gasteiger charge is 2.36. The third kappa shape index (κ3) is 6.25. The van der Waals surface area contributed by atoms with Gasteiger partial charge in [0.15, 0.2) is 5.82 Å². The summed E-state index contributed by atoms with van der Waals surface area (Å²) in [5.41, 5.74) is 6.52. The molecule has 268 valence electrons. The molecule has 0 saturated carbocycles. The Bertz CT molecular complexity index is 1950. The molecule has 2 aromatic carbocycles. The largest absolute Gasteiger partial charge is 0.478 e. The van der Waals surface area contributed by atoms with Gasteiger partial charge >= 0.3 is 5.97 Å². The SMILES string of the molecule is CC(=O)N1CCc2c(c(N3CCCc4cc(-c5cnn(C)c5)c(C(F)F)cc43)nn2C2CCN([C@H]3CCN(c4ccc(C(=O)O)cc4)C3)CC2)C1. The van der Waals surface area contributed by atoms with E-state index in [4.69, 9.17) is 5.10 Å². The first kappa shape index (κ1) is 33.4. The first-order valence-corrected chi connectivity index (χ1v) is 18.0. The molecule has 0 unspecified atom stereocenters. The third-order valence-electron chi connectivity index (χ3n) is 11.4. The van der Waals surface area contributed by atoms with Crippen molar-refractivity contribution < 1.29 is 23.5 Å². The van der Waals surface area contributed by atoms with Crippen molar-refractivity contribution in [2.24, 2.45) is 7.05 Å². The third-order valence-corrected chi connectivity index (χ3v) is 11.4. The molecule has 1 atom stereocenters. The lowest BCUT2D eigenvalue weighted by molar-refractivity contribution is -0.129. The van der Waals surface area contributed by atoms with Gasteiger partial charge in [0.1, 0.15) is 0 Å². The average Bonchev–Trinajstić information content (AvgIpc) is 3.90. The highest BCUT2D eigenvalue weighted by molar-refractivity contribution is 5.88. The lowest BCUT2D eigenvalue weighted by Crippen LogP contribution is -2.43. The minimum atomic E-state index is -2.65. The van der Waals surface area contributed by atoms with Crippen molar-refractivity contribution in [2.45, 2.75) is 70.5 Å². The number of hydrogen-bond donors (Lipinski definition) is 1. The van der Waals surface area contributed by atoms with Gasteiger partial charge < -0.3 is 19.8 Å². The second-order valence-corrected chi connectivity index (χ2v) is 14.4. The number of carbonyl (C=O) groups excluding carboxylic acids is 1. The number of piperidine rings is 1. The van der Waals surface area contributed by atoms with Crippen molar-refractivity contribution in [3.05, 3.63) is 76.7 Å². The number of aromatic nitrogens is 4. The van der Waals surface area contributed by atoms with Crippen molar-refractivity contribution in [2.75, 3.05) is 49.1 Å². The van der Waals surface area contributed by atoms with Gasteiger partial charge in [-0.2, -0.15) is 10.2 Å². The van der Waals surface area contributed by atoms with Crippen LogP contribution in [0.25, 0.3) is 11.1 Å². The fraction of sp³-hybridized carbons (Fsp3) is 0.474. The molecule has 11 nitrogen and oxygen atoms in total. The molecule has 0 radical (unpaired) electrons. The highest BCUT2D eigenvalue weighted by Crippen LogP contribution is 2.44. The van der Waals surface area contributed by atoms with Crippen molar-refractivity contribution in [1.29, 1.82) is 0 Å². The first-order chi connectivity index (χ1) is 24.6. The maximum atomic E-state index is 14.6. The number of aromatic carboxylic acids is 1. The van der Waals surface area contributed by atoms with Gasteiger partial charge in [0, 0.05) is 106 Å². The number of halogens is 2. The topological polar surface area (TPSA) is 103 Å². The van der Waals surface area contributed by atoms with E-state index >= 15 is 0 Å². The molecule has 4 aliphatic heterocycles. The number of carboxylic acid groups (broad SMARTS) is 1. The molecule has 4 aromatic rings. The Labute approximate surface area is 296 Å². The molecule has 13 heteroatoms. The van der Waals surface area contributed by atoms with Gasteiger partial charge in [-0.1, -0.05) is 0 Å². The number of fused-ring (bicyclic) bond motifs is 2. The molecule has 8 rings (SSSR count). The molecule has 2 fully saturated rings. The summed E-state index contributed by atoms with van der Waals surface area (Å²) in [6.07, 6.45) is 6.10. The number of benzene rings is 2. The second kappa shape index (κ2) is 13.4. The Hall–Kier alpha value is -4.78. The molecule has 2 saturated heterocycles. The summed E-state index contributed by atoms with van der Waals surface area (Å²) in [6.45, 7) is 7.12. The van der Waals surface area contributed by atoms with Crippen LogP contribution in [-0.4, -0.2) is 91.7 Å². The minimum absolute atomic E-state index is 0.0116. The van der Waals surface area contributed by atoms with E-state index in [2.05, 4.69) is 24.5 Å². The number of carbonyl (C=O) groups is 2. The van der Waals surface area contributed by atoms with Crippen LogP contribution in [0.3, 0.4) is 0 Å². The van der Waals surface area contributed by atoms with Gasteiger partial charge in [-0.05, 0) is 79.6 Å². The molecular weight excluding hydrogens is 654 g/mol. The fourth-order valence-electron chi connectivity index (χ4n) is 8.66. The van der Waals surface area contributed by atoms with Crippen LogP contribution in [0.2, 0.25) is 0 Å². The first-order valence-electron chi connectivity index (χ1n) is 18.0. The van der Waals surface area contributed by atoms with Crippen LogP contribution in [-0.2, 0) is 31.2 Å². The summed E-state index contributed by atoms with van der Waals surface area (Å²) in [6, 6.07) is 11.4. The maximum Gasteiger partial charge on any atom is 0.335 e. The van der Waals surface area contributed by atoms with Gasteiger partial charge in [-0.3, -0.25) is 19.1 Å². The van der Waals surface area contributed by atoms with Gasteiger partial charge in [-0.25, -0.2) is 13.6 Å². The van der Waals surface area contributed by atoms with Gasteiger partial charge in [0.05, 0.1) is 24.3 Å². The predicted molar refractivity (Wildman–Crippen MR) is 190 cm³/mol. The molecule has 1 N–H and O–H groups in total. The molecule has 0 aliphatic carbocycles. The lowest BCUT2D eigenvalue weighted by atomic mass is 9.92. The normalized spacial score (nSPS) is 19.9. The number of anilines is 3. The maximum absolute atomic E-state index is 14.6. The van der Waals surface area contributed by atoms with Crippen LogP contribution < -0.4 is 9.80 Å². The Balaban J connectivity index is 1.05. The van der Waals surface area contributed by atoms with Crippen LogP contribution in [0.1, 0.15) is 77.8 Å². The van der Waals surface area contributed by atoms with Gasteiger partial charge in [0.25, 0.3) is 6.43 Å². The van der Waals surface area contributed by atoms with Crippen LogP contribution in [0.15, 0.2) is 48.8 Å². The van der Waals surface area contributed by atoms with Gasteiger partial charge in [-0.15, -0.1) is 0 Å². The minimum Gasteiger partial charge on any atom is -0.478 e. The smallest absolute Gasteiger partial charge is 0.335 e. The quantitative estimate of drug-likeness (QED) is 0.258. The van der Waals surface area contributed by atoms with E-state index in [0.29, 0.717) is 48.8 Å². The van der Waals surface area contributed by atoms with E-state index in [-0.39, 0.29) is 17.5 Å². The van der Waals surface area contributed by atoms with E-state index in [0.717, 1.165) is 92.3 Å². The van der Waals surface area contributed by atoms with Crippen molar-refractivity contribution >= 4 is 29.1 Å². The van der Waals surface area contributed by atoms with Crippen molar-refractivity contribution in [1.82, 2.24) is 29.4 Å². The Morgan fingerprint density at radius 1 is 0.961 bits per heavy atom. The zero-order valence-electron chi connectivity index (χ0n) is 29.1. The fourth-order valence-corrected chi connectivity index (χ4v) is 8.66. The van der Waals surface area contributed by atoms with Crippen molar-refractivity contribution in [3.63, 3.8) is 0 Å². The summed E-state index contributed by atoms with van der Waals surface area (Å²) < 4.78 is 33.1. The molecule has 2 aromatic heterocycles. The number of nitrogens with zero attached hydrogens (tertiary/aromatic N) is 8. The van der Waals surface area contributed by atoms with Gasteiger partial charge in [0.2, 0.25) is 5.91 Å². The molecular formula is C38H44F2N8O3. The molecule has 4 aliphatic rings. The Kier molecular flexibility index (Phi) is 8.77. The van der Waals surface area contributed by atoms with E-state index in [1.165, 1.54) is 0 Å². The number of carboxylic acids is 1. The number of hydrogen-bond acceptors (Lipinski definition) is 7. The number of likely N-dealkylation sites (tertiary alicyclic amines) is 1. The number of alkyl halides is 2. The Morgan fingerprint density at radius 2 is 1.73 bits per heavy atom. The second-order valence-electron chi connectivity index (χ2n) is 14.4. The van der Waals surface area contributed by atoms with E-state index < -0.39 is 12.4 Å². The van der Waals surface area contributed by atoms with Crippen LogP contribution in [0.4, 0.5) is 26.0 Å². The molecule has 6 heterocycles. The zero-order chi connectivity index (χ0) is 35.4. The summed E-state index contributed by atoms with van der Waals surface area (Å²) in [4.78, 5) is 32.8. The Morgan fingerprint density at radius 3 is 2.41 bits per heavy atom. The van der Waals surface area contributed by atoms with Crippen LogP contribution in [0.5, 0.6) is 0 Å². The summed E-state index contributed by atoms with van der Waals surface area (Å²) in [7, 11) is 1.79. The lowest BCUT2D eigenvalue weighted by Gasteiger charge is -2.37. The predicted octanol–water partition coefficient (Wildman–Crippen LogP) is 5.82. The van der Waals surface area contributed by atoms with Crippen LogP contribution in [0, 0.1) is 0 Å². The van der Waals surface area contributed by atoms with E-state index in [1.807, 2.05) is 23.1 Å². The average molecular weight is 699 g/mol. The summed E-state index contributed by atoms with van der Waals surface area (Å²) in [5, 5.41) is 18.8. The molecule has 0 bridgehead atoms. The van der Waals surface area contributed by atoms with E-state index in [1.54, 1.807) is 49.2 Å². The van der Waals surface area contributed by atoms with Crippen molar-refractivity contribution in [3.8, 4) is 11.1 Å². The number of amides is 1. The molecule has 1 amide bonds. The zero-order valence-corrected chi connectivity index (χ0v) is 29.1. The summed E-state index contributed by atoms with van der Waals surface area (Å²) >= 11 is 0. The molecule has 51 heavy (non-hydrogen) atoms. The standard InChI is InChI=1S/C38H44F2N8O3/c1-24(49)45-17-12-34-33(23-45)37(47-13-3-4-26-18-31(27-20-41-43(2)21-27)32(36(39)40)19-35(26)47)42-48(34)29-9-14-44(15-10-29)30-11-16-46(22-30)28-7-5-25(6-8-28)38(50)51/h5-8,18-21,29-30,36H,3-4,9-17,22-23H2,1-2H3,(H,50,51)/t30-/m0/s1. The number of rotatable bonds is 7. The summed E-state index contributed by atoms with van der Waals surface area (Å²) in [5.74, 6) is -0.104.